The van der Waals surface area contributed by atoms with Crippen molar-refractivity contribution in [3.8, 4) is 0 Å². The van der Waals surface area contributed by atoms with E-state index in [1.165, 1.54) is 16.9 Å². The molecule has 0 aliphatic heterocycles. The number of thiophene rings is 1. The van der Waals surface area contributed by atoms with Gasteiger partial charge in [-0.2, -0.15) is 0 Å². The van der Waals surface area contributed by atoms with Crippen LogP contribution in [-0.4, -0.2) is 17.8 Å². The summed E-state index contributed by atoms with van der Waals surface area (Å²) in [6, 6.07) is 2.13. The predicted molar refractivity (Wildman–Crippen MR) is 68.6 cm³/mol. The molecular weight excluding hydrogens is 242 g/mol. The van der Waals surface area contributed by atoms with Gasteiger partial charge in [0.05, 0.1) is 4.88 Å². The molecule has 4 heteroatoms. The first-order valence-electron chi connectivity index (χ1n) is 5.73. The van der Waals surface area contributed by atoms with Crippen LogP contribution < -0.4 is 5.32 Å². The average molecular weight is 258 g/mol. The Morgan fingerprint density at radius 1 is 1.62 bits per heavy atom. The van der Waals surface area contributed by atoms with E-state index < -0.39 is 0 Å². The van der Waals surface area contributed by atoms with Crippen molar-refractivity contribution in [3.63, 3.8) is 0 Å². The van der Waals surface area contributed by atoms with E-state index in [0.717, 1.165) is 24.1 Å². The van der Waals surface area contributed by atoms with Gasteiger partial charge < -0.3 is 5.32 Å². The van der Waals surface area contributed by atoms with Crippen molar-refractivity contribution in [3.05, 3.63) is 21.4 Å². The largest absolute Gasteiger partial charge is 0.347 e. The number of carbonyl (C=O) groups excluding carboxylic acids is 1. The average Bonchev–Trinajstić information content (AvgIpc) is 2.85. The Labute approximate surface area is 105 Å². The third-order valence-electron chi connectivity index (χ3n) is 2.98. The number of amides is 1. The van der Waals surface area contributed by atoms with Crippen LogP contribution in [0.15, 0.2) is 6.07 Å². The summed E-state index contributed by atoms with van der Waals surface area (Å²) in [4.78, 5) is 14.2. The van der Waals surface area contributed by atoms with Gasteiger partial charge in [-0.25, -0.2) is 0 Å². The van der Waals surface area contributed by atoms with Crippen molar-refractivity contribution < 1.29 is 4.79 Å². The van der Waals surface area contributed by atoms with Crippen LogP contribution in [0.1, 0.15) is 39.9 Å². The standard InChI is InChI=1S/C12H16ClNOS/c1-2-9(7-13)14-12(15)11-6-8-4-3-5-10(8)16-11/h6,9H,2-5,7H2,1H3,(H,14,15). The summed E-state index contributed by atoms with van der Waals surface area (Å²) >= 11 is 7.40. The molecule has 1 amide bonds. The number of aryl methyl sites for hydroxylation is 2. The second kappa shape index (κ2) is 5.19. The van der Waals surface area contributed by atoms with E-state index in [9.17, 15) is 4.79 Å². The minimum Gasteiger partial charge on any atom is -0.347 e. The summed E-state index contributed by atoms with van der Waals surface area (Å²) in [5, 5.41) is 2.96. The van der Waals surface area contributed by atoms with Gasteiger partial charge in [0.25, 0.3) is 5.91 Å². The number of rotatable bonds is 4. The molecular formula is C12H16ClNOS. The van der Waals surface area contributed by atoms with Crippen LogP contribution in [0.3, 0.4) is 0 Å². The van der Waals surface area contributed by atoms with Crippen LogP contribution in [0.2, 0.25) is 0 Å². The Balaban J connectivity index is 2.03. The third kappa shape index (κ3) is 2.41. The van der Waals surface area contributed by atoms with Crippen LogP contribution in [0.4, 0.5) is 0 Å². The third-order valence-corrected chi connectivity index (χ3v) is 4.59. The van der Waals surface area contributed by atoms with Crippen LogP contribution in [0.5, 0.6) is 0 Å². The molecule has 1 atom stereocenters. The second-order valence-electron chi connectivity index (χ2n) is 4.15. The molecule has 1 unspecified atom stereocenters. The fourth-order valence-corrected chi connectivity index (χ4v) is 3.40. The van der Waals surface area contributed by atoms with E-state index in [2.05, 4.69) is 5.32 Å². The highest BCUT2D eigenvalue weighted by atomic mass is 35.5. The molecule has 2 nitrogen and oxygen atoms in total. The summed E-state index contributed by atoms with van der Waals surface area (Å²) < 4.78 is 0. The molecule has 0 radical (unpaired) electrons. The lowest BCUT2D eigenvalue weighted by molar-refractivity contribution is 0.0944. The molecule has 1 aliphatic rings. The molecule has 0 bridgehead atoms. The fraction of sp³-hybridized carbons (Fsp3) is 0.583. The summed E-state index contributed by atoms with van der Waals surface area (Å²) in [6.07, 6.45) is 4.38. The highest BCUT2D eigenvalue weighted by molar-refractivity contribution is 7.14. The van der Waals surface area contributed by atoms with Crippen LogP contribution >= 0.6 is 22.9 Å². The molecule has 0 aromatic carbocycles. The zero-order chi connectivity index (χ0) is 11.5. The Hall–Kier alpha value is -0.540. The molecule has 1 aromatic heterocycles. The highest BCUT2D eigenvalue weighted by Crippen LogP contribution is 2.30. The Morgan fingerprint density at radius 3 is 3.06 bits per heavy atom. The number of alkyl halides is 1. The minimum absolute atomic E-state index is 0.0342. The van der Waals surface area contributed by atoms with Gasteiger partial charge in [0.1, 0.15) is 0 Å². The van der Waals surface area contributed by atoms with E-state index in [1.54, 1.807) is 11.3 Å². The van der Waals surface area contributed by atoms with Crippen molar-refractivity contribution in [1.29, 1.82) is 0 Å². The summed E-state index contributed by atoms with van der Waals surface area (Å²) in [5.41, 5.74) is 1.37. The topological polar surface area (TPSA) is 29.1 Å². The smallest absolute Gasteiger partial charge is 0.261 e. The van der Waals surface area contributed by atoms with E-state index >= 15 is 0 Å². The fourth-order valence-electron chi connectivity index (χ4n) is 1.95. The van der Waals surface area contributed by atoms with E-state index in [1.807, 2.05) is 13.0 Å². The van der Waals surface area contributed by atoms with Gasteiger partial charge in [-0.3, -0.25) is 4.79 Å². The lowest BCUT2D eigenvalue weighted by Gasteiger charge is -2.12. The van der Waals surface area contributed by atoms with Crippen LogP contribution in [-0.2, 0) is 12.8 Å². The van der Waals surface area contributed by atoms with Gasteiger partial charge in [0, 0.05) is 16.8 Å². The predicted octanol–water partition coefficient (Wildman–Crippen LogP) is 2.98. The lowest BCUT2D eigenvalue weighted by Crippen LogP contribution is -2.35. The first-order chi connectivity index (χ1) is 7.74. The molecule has 16 heavy (non-hydrogen) atoms. The van der Waals surface area contributed by atoms with Gasteiger partial charge in [-0.1, -0.05) is 6.92 Å². The van der Waals surface area contributed by atoms with Crippen molar-refractivity contribution in [2.75, 3.05) is 5.88 Å². The molecule has 0 fully saturated rings. The zero-order valence-electron chi connectivity index (χ0n) is 9.38. The van der Waals surface area contributed by atoms with Gasteiger partial charge in [-0.05, 0) is 37.3 Å². The molecule has 0 spiro atoms. The van der Waals surface area contributed by atoms with E-state index in [4.69, 9.17) is 11.6 Å². The van der Waals surface area contributed by atoms with Crippen molar-refractivity contribution in [1.82, 2.24) is 5.32 Å². The number of nitrogens with one attached hydrogen (secondary N) is 1. The maximum absolute atomic E-state index is 11.9. The summed E-state index contributed by atoms with van der Waals surface area (Å²) in [5.74, 6) is 0.514. The molecule has 1 aliphatic carbocycles. The van der Waals surface area contributed by atoms with Crippen molar-refractivity contribution in [2.45, 2.75) is 38.6 Å². The number of hydrogen-bond acceptors (Lipinski definition) is 2. The highest BCUT2D eigenvalue weighted by Gasteiger charge is 2.19. The zero-order valence-corrected chi connectivity index (χ0v) is 11.0. The summed E-state index contributed by atoms with van der Waals surface area (Å²) in [7, 11) is 0. The van der Waals surface area contributed by atoms with E-state index in [0.29, 0.717) is 5.88 Å². The first-order valence-corrected chi connectivity index (χ1v) is 7.08. The van der Waals surface area contributed by atoms with Crippen LogP contribution in [0.25, 0.3) is 0 Å². The van der Waals surface area contributed by atoms with Crippen molar-refractivity contribution >= 4 is 28.8 Å². The number of carbonyl (C=O) groups is 1. The normalized spacial score (nSPS) is 15.9. The molecule has 0 saturated carbocycles. The Bertz CT molecular complexity index is 363. The van der Waals surface area contributed by atoms with Gasteiger partial charge in [0.15, 0.2) is 0 Å². The molecule has 88 valence electrons. The monoisotopic (exact) mass is 257 g/mol. The number of hydrogen-bond donors (Lipinski definition) is 1. The summed E-state index contributed by atoms with van der Waals surface area (Å²) in [6.45, 7) is 2.03. The maximum atomic E-state index is 11.9. The van der Waals surface area contributed by atoms with E-state index in [-0.39, 0.29) is 11.9 Å². The first kappa shape index (κ1) is 11.9. The number of halogens is 1. The molecule has 1 heterocycles. The molecule has 2 rings (SSSR count). The molecule has 1 aromatic rings. The van der Waals surface area contributed by atoms with Crippen LogP contribution in [0, 0.1) is 0 Å². The van der Waals surface area contributed by atoms with Gasteiger partial charge >= 0.3 is 0 Å². The van der Waals surface area contributed by atoms with Crippen molar-refractivity contribution in [2.24, 2.45) is 0 Å². The molecule has 0 saturated heterocycles. The van der Waals surface area contributed by atoms with Gasteiger partial charge in [0.2, 0.25) is 0 Å². The number of fused-ring (bicyclic) bond motifs is 1. The van der Waals surface area contributed by atoms with Gasteiger partial charge in [-0.15, -0.1) is 22.9 Å². The quantitative estimate of drug-likeness (QED) is 0.826. The molecule has 1 N–H and O–H groups in total. The Morgan fingerprint density at radius 2 is 2.44 bits per heavy atom. The SMILES string of the molecule is CCC(CCl)NC(=O)c1cc2c(s1)CCC2. The Kier molecular flexibility index (Phi) is 3.87. The second-order valence-corrected chi connectivity index (χ2v) is 5.59. The minimum atomic E-state index is 0.0342. The lowest BCUT2D eigenvalue weighted by atomic mass is 10.2. The maximum Gasteiger partial charge on any atom is 0.261 e.